The monoisotopic (exact) mass is 373 g/mol. The van der Waals surface area contributed by atoms with Gasteiger partial charge in [0.15, 0.2) is 0 Å². The van der Waals surface area contributed by atoms with Gasteiger partial charge < -0.3 is 10.6 Å². The fourth-order valence-electron chi connectivity index (χ4n) is 3.61. The van der Waals surface area contributed by atoms with E-state index in [1.54, 1.807) is 0 Å². The average molecular weight is 373 g/mol. The van der Waals surface area contributed by atoms with Crippen LogP contribution < -0.4 is 10.6 Å². The third-order valence-corrected chi connectivity index (χ3v) is 5.28. The molecule has 148 valence electrons. The first kappa shape index (κ1) is 20.9. The Morgan fingerprint density at radius 1 is 1.11 bits per heavy atom. The molecule has 1 aliphatic rings. The second kappa shape index (κ2) is 9.02. The molecule has 0 bridgehead atoms. The SMILES string of the molecule is CCCC1(CCC)NC(=O)N(CC(=O)Nc2ccc(C(C)CC)cc2)C1=O. The molecule has 0 spiro atoms. The molecule has 0 radical (unpaired) electrons. The Balaban J connectivity index is 2.02. The van der Waals surface area contributed by atoms with E-state index in [9.17, 15) is 14.4 Å². The first-order valence-electron chi connectivity index (χ1n) is 9.90. The molecule has 1 unspecified atom stereocenters. The summed E-state index contributed by atoms with van der Waals surface area (Å²) in [6, 6.07) is 7.20. The summed E-state index contributed by atoms with van der Waals surface area (Å²) < 4.78 is 0. The maximum Gasteiger partial charge on any atom is 0.325 e. The molecule has 1 aliphatic heterocycles. The lowest BCUT2D eigenvalue weighted by atomic mass is 9.88. The highest BCUT2D eigenvalue weighted by Crippen LogP contribution is 2.28. The van der Waals surface area contributed by atoms with Crippen LogP contribution in [0.25, 0.3) is 0 Å². The molecular weight excluding hydrogens is 342 g/mol. The molecule has 1 atom stereocenters. The van der Waals surface area contributed by atoms with Crippen molar-refractivity contribution in [1.82, 2.24) is 10.2 Å². The molecule has 4 amide bonds. The smallest absolute Gasteiger partial charge is 0.325 e. The Kier molecular flexibility index (Phi) is 6.99. The van der Waals surface area contributed by atoms with Crippen LogP contribution in [0.1, 0.15) is 71.3 Å². The summed E-state index contributed by atoms with van der Waals surface area (Å²) in [4.78, 5) is 38.5. The van der Waals surface area contributed by atoms with Gasteiger partial charge in [0.25, 0.3) is 5.91 Å². The van der Waals surface area contributed by atoms with Crippen molar-refractivity contribution in [2.24, 2.45) is 0 Å². The van der Waals surface area contributed by atoms with E-state index in [2.05, 4.69) is 24.5 Å². The van der Waals surface area contributed by atoms with Gasteiger partial charge in [0.05, 0.1) is 0 Å². The van der Waals surface area contributed by atoms with Crippen molar-refractivity contribution < 1.29 is 14.4 Å². The molecule has 2 N–H and O–H groups in total. The minimum atomic E-state index is -0.862. The zero-order valence-corrected chi connectivity index (χ0v) is 16.8. The van der Waals surface area contributed by atoms with Gasteiger partial charge in [0, 0.05) is 5.69 Å². The summed E-state index contributed by atoms with van der Waals surface area (Å²) in [5, 5.41) is 5.59. The van der Waals surface area contributed by atoms with E-state index in [0.717, 1.165) is 24.2 Å². The molecular formula is C21H31N3O3. The summed E-state index contributed by atoms with van der Waals surface area (Å²) in [6.07, 6.45) is 3.79. The highest BCUT2D eigenvalue weighted by atomic mass is 16.2. The summed E-state index contributed by atoms with van der Waals surface area (Å²) in [5.74, 6) is -0.206. The first-order chi connectivity index (χ1) is 12.9. The van der Waals surface area contributed by atoms with Gasteiger partial charge >= 0.3 is 6.03 Å². The van der Waals surface area contributed by atoms with Crippen LogP contribution in [0.2, 0.25) is 0 Å². The third kappa shape index (κ3) is 4.67. The molecule has 0 aliphatic carbocycles. The van der Waals surface area contributed by atoms with Gasteiger partial charge in [-0.2, -0.15) is 0 Å². The summed E-state index contributed by atoms with van der Waals surface area (Å²) in [5.41, 5.74) is 1.01. The topological polar surface area (TPSA) is 78.5 Å². The molecule has 1 saturated heterocycles. The molecule has 1 heterocycles. The van der Waals surface area contributed by atoms with Crippen LogP contribution >= 0.6 is 0 Å². The number of urea groups is 1. The number of amides is 4. The van der Waals surface area contributed by atoms with Crippen LogP contribution in [0.3, 0.4) is 0 Å². The van der Waals surface area contributed by atoms with E-state index in [0.29, 0.717) is 24.4 Å². The number of nitrogens with one attached hydrogen (secondary N) is 2. The van der Waals surface area contributed by atoms with Gasteiger partial charge in [-0.15, -0.1) is 0 Å². The third-order valence-electron chi connectivity index (χ3n) is 5.28. The van der Waals surface area contributed by atoms with Crippen LogP contribution in [0.5, 0.6) is 0 Å². The van der Waals surface area contributed by atoms with Crippen molar-refractivity contribution in [3.05, 3.63) is 29.8 Å². The Hall–Kier alpha value is -2.37. The summed E-state index contributed by atoms with van der Waals surface area (Å²) in [7, 11) is 0. The molecule has 6 nitrogen and oxygen atoms in total. The molecule has 27 heavy (non-hydrogen) atoms. The lowest BCUT2D eigenvalue weighted by Gasteiger charge is -2.25. The Labute approximate surface area is 161 Å². The normalized spacial score (nSPS) is 17.0. The predicted octanol–water partition coefficient (Wildman–Crippen LogP) is 4.03. The van der Waals surface area contributed by atoms with E-state index >= 15 is 0 Å². The van der Waals surface area contributed by atoms with E-state index < -0.39 is 11.6 Å². The van der Waals surface area contributed by atoms with Crippen molar-refractivity contribution in [2.45, 2.75) is 71.3 Å². The van der Waals surface area contributed by atoms with Crippen molar-refractivity contribution in [3.8, 4) is 0 Å². The van der Waals surface area contributed by atoms with E-state index in [1.807, 2.05) is 38.1 Å². The minimum Gasteiger partial charge on any atom is -0.325 e. The number of rotatable bonds is 9. The maximum absolute atomic E-state index is 12.8. The molecule has 6 heteroatoms. The molecule has 0 saturated carbocycles. The molecule has 2 rings (SSSR count). The first-order valence-corrected chi connectivity index (χ1v) is 9.90. The Morgan fingerprint density at radius 2 is 1.70 bits per heavy atom. The Morgan fingerprint density at radius 3 is 2.22 bits per heavy atom. The zero-order valence-electron chi connectivity index (χ0n) is 16.8. The quantitative estimate of drug-likeness (QED) is 0.642. The maximum atomic E-state index is 12.8. The van der Waals surface area contributed by atoms with Crippen LogP contribution in [0.4, 0.5) is 10.5 Å². The minimum absolute atomic E-state index is 0.271. The molecule has 1 fully saturated rings. The van der Waals surface area contributed by atoms with Crippen LogP contribution in [-0.4, -0.2) is 34.8 Å². The van der Waals surface area contributed by atoms with Crippen molar-refractivity contribution >= 4 is 23.5 Å². The number of nitrogens with zero attached hydrogens (tertiary/aromatic N) is 1. The number of carbonyl (C=O) groups is 3. The summed E-state index contributed by atoms with van der Waals surface area (Å²) in [6.45, 7) is 7.98. The highest BCUT2D eigenvalue weighted by molar-refractivity contribution is 6.10. The number of imide groups is 1. The highest BCUT2D eigenvalue weighted by Gasteiger charge is 2.50. The van der Waals surface area contributed by atoms with Gasteiger partial charge in [0.1, 0.15) is 12.1 Å². The molecule has 1 aromatic rings. The van der Waals surface area contributed by atoms with Crippen molar-refractivity contribution in [1.29, 1.82) is 0 Å². The standard InChI is InChI=1S/C21H31N3O3/c1-5-12-21(13-6-2)19(26)24(20(27)23-21)14-18(25)22-17-10-8-16(9-11-17)15(4)7-3/h8-11,15H,5-7,12-14H2,1-4H3,(H,22,25)(H,23,27). The lowest BCUT2D eigenvalue weighted by Crippen LogP contribution is -2.47. The predicted molar refractivity (Wildman–Crippen MR) is 107 cm³/mol. The number of carbonyl (C=O) groups excluding carboxylic acids is 3. The lowest BCUT2D eigenvalue weighted by molar-refractivity contribution is -0.134. The van der Waals surface area contributed by atoms with Crippen LogP contribution in [-0.2, 0) is 9.59 Å². The Bertz CT molecular complexity index is 678. The van der Waals surface area contributed by atoms with E-state index in [4.69, 9.17) is 0 Å². The number of hydrogen-bond acceptors (Lipinski definition) is 3. The largest absolute Gasteiger partial charge is 0.325 e. The fraction of sp³-hybridized carbons (Fsp3) is 0.571. The van der Waals surface area contributed by atoms with Crippen LogP contribution in [0, 0.1) is 0 Å². The van der Waals surface area contributed by atoms with Gasteiger partial charge in [0.2, 0.25) is 5.91 Å². The van der Waals surface area contributed by atoms with Gasteiger partial charge in [-0.05, 0) is 42.9 Å². The second-order valence-corrected chi connectivity index (χ2v) is 7.38. The van der Waals surface area contributed by atoms with Crippen LogP contribution in [0.15, 0.2) is 24.3 Å². The van der Waals surface area contributed by atoms with E-state index in [1.165, 1.54) is 5.56 Å². The number of anilines is 1. The summed E-state index contributed by atoms with van der Waals surface area (Å²) >= 11 is 0. The van der Waals surface area contributed by atoms with Gasteiger partial charge in [-0.1, -0.05) is 52.7 Å². The van der Waals surface area contributed by atoms with Gasteiger partial charge in [-0.3, -0.25) is 14.5 Å². The average Bonchev–Trinajstić information content (AvgIpc) is 2.86. The number of hydrogen-bond donors (Lipinski definition) is 2. The second-order valence-electron chi connectivity index (χ2n) is 7.38. The zero-order chi connectivity index (χ0) is 20.0. The van der Waals surface area contributed by atoms with E-state index in [-0.39, 0.29) is 18.4 Å². The number of benzene rings is 1. The van der Waals surface area contributed by atoms with Crippen molar-refractivity contribution in [2.75, 3.05) is 11.9 Å². The molecule has 0 aromatic heterocycles. The molecule has 1 aromatic carbocycles. The van der Waals surface area contributed by atoms with Crippen molar-refractivity contribution in [3.63, 3.8) is 0 Å². The van der Waals surface area contributed by atoms with Gasteiger partial charge in [-0.25, -0.2) is 4.79 Å². The fourth-order valence-corrected chi connectivity index (χ4v) is 3.61.